The molecule has 3 nitrogen and oxygen atoms in total. The number of fused-ring (bicyclic) bond motifs is 1. The fourth-order valence-corrected chi connectivity index (χ4v) is 2.08. The molecule has 90 valence electrons. The van der Waals surface area contributed by atoms with E-state index >= 15 is 0 Å². The van der Waals surface area contributed by atoms with Crippen molar-refractivity contribution in [1.82, 2.24) is 4.90 Å². The Bertz CT molecular complexity index is 475. The Kier molecular flexibility index (Phi) is 3.01. The number of aliphatic imine (C=N–C) groups is 1. The summed E-state index contributed by atoms with van der Waals surface area (Å²) >= 11 is 0. The molecule has 0 radical (unpaired) electrons. The van der Waals surface area contributed by atoms with Crippen LogP contribution in [0, 0.1) is 0 Å². The smallest absolute Gasteiger partial charge is 0.260 e. The van der Waals surface area contributed by atoms with Gasteiger partial charge in [0.2, 0.25) is 0 Å². The molecule has 1 heterocycles. The Morgan fingerprint density at radius 1 is 1.06 bits per heavy atom. The van der Waals surface area contributed by atoms with Gasteiger partial charge in [-0.15, -0.1) is 0 Å². The van der Waals surface area contributed by atoms with Crippen LogP contribution in [0.25, 0.3) is 0 Å². The van der Waals surface area contributed by atoms with E-state index < -0.39 is 0 Å². The fourth-order valence-electron chi connectivity index (χ4n) is 2.08. The maximum Gasteiger partial charge on any atom is 0.260 e. The van der Waals surface area contributed by atoms with Gasteiger partial charge < -0.3 is 0 Å². The van der Waals surface area contributed by atoms with Gasteiger partial charge in [0.15, 0.2) is 0 Å². The van der Waals surface area contributed by atoms with Crippen molar-refractivity contribution in [2.75, 3.05) is 0 Å². The zero-order valence-corrected chi connectivity index (χ0v) is 10.8. The Hall–Kier alpha value is -1.64. The lowest BCUT2D eigenvalue weighted by atomic mass is 10.1. The highest BCUT2D eigenvalue weighted by Crippen LogP contribution is 2.25. The van der Waals surface area contributed by atoms with Gasteiger partial charge in [0.25, 0.3) is 5.91 Å². The summed E-state index contributed by atoms with van der Waals surface area (Å²) in [5.74, 6) is 0.880. The molecule has 1 aliphatic rings. The molecule has 0 fully saturated rings. The third-order valence-electron chi connectivity index (χ3n) is 2.74. The van der Waals surface area contributed by atoms with Gasteiger partial charge >= 0.3 is 0 Å². The summed E-state index contributed by atoms with van der Waals surface area (Å²) in [6.45, 7) is 8.08. The molecule has 0 aliphatic carbocycles. The predicted octanol–water partition coefficient (Wildman–Crippen LogP) is 2.71. The standard InChI is InChI=1S/C14H18N2O/c1-9(2)15-13-11-7-5-6-8-12(11)14(17)16(13)10(3)4/h5-10H,1-4H3. The molecule has 0 bridgehead atoms. The number of amidine groups is 1. The van der Waals surface area contributed by atoms with E-state index in [9.17, 15) is 4.79 Å². The molecule has 17 heavy (non-hydrogen) atoms. The third-order valence-corrected chi connectivity index (χ3v) is 2.74. The van der Waals surface area contributed by atoms with E-state index in [1.165, 1.54) is 0 Å². The molecule has 0 saturated carbocycles. The van der Waals surface area contributed by atoms with Crippen LogP contribution in [0.2, 0.25) is 0 Å². The summed E-state index contributed by atoms with van der Waals surface area (Å²) in [7, 11) is 0. The first-order valence-corrected chi connectivity index (χ1v) is 6.03. The van der Waals surface area contributed by atoms with Crippen molar-refractivity contribution in [1.29, 1.82) is 0 Å². The zero-order chi connectivity index (χ0) is 12.6. The van der Waals surface area contributed by atoms with Gasteiger partial charge in [-0.05, 0) is 33.8 Å². The lowest BCUT2D eigenvalue weighted by Gasteiger charge is -2.22. The van der Waals surface area contributed by atoms with Crippen LogP contribution in [0.3, 0.4) is 0 Å². The molecule has 1 aromatic carbocycles. The Labute approximate surface area is 102 Å². The van der Waals surface area contributed by atoms with Crippen molar-refractivity contribution in [2.45, 2.75) is 39.8 Å². The average molecular weight is 230 g/mol. The van der Waals surface area contributed by atoms with Crippen LogP contribution in [-0.4, -0.2) is 28.7 Å². The quantitative estimate of drug-likeness (QED) is 0.768. The number of nitrogens with zero attached hydrogens (tertiary/aromatic N) is 2. The minimum absolute atomic E-state index is 0.0648. The van der Waals surface area contributed by atoms with Gasteiger partial charge in [0.1, 0.15) is 5.84 Å². The highest BCUT2D eigenvalue weighted by atomic mass is 16.2. The van der Waals surface area contributed by atoms with Crippen molar-refractivity contribution in [3.05, 3.63) is 35.4 Å². The molecule has 1 amide bonds. The summed E-state index contributed by atoms with van der Waals surface area (Å²) < 4.78 is 0. The van der Waals surface area contributed by atoms with E-state index in [0.717, 1.165) is 17.0 Å². The second kappa shape index (κ2) is 4.32. The number of hydrogen-bond donors (Lipinski definition) is 0. The average Bonchev–Trinajstić information content (AvgIpc) is 2.52. The van der Waals surface area contributed by atoms with E-state index in [-0.39, 0.29) is 18.0 Å². The number of carbonyl (C=O) groups is 1. The van der Waals surface area contributed by atoms with Crippen molar-refractivity contribution in [3.63, 3.8) is 0 Å². The lowest BCUT2D eigenvalue weighted by Crippen LogP contribution is -2.37. The molecular formula is C14H18N2O. The normalized spacial score (nSPS) is 17.4. The molecular weight excluding hydrogens is 212 g/mol. The monoisotopic (exact) mass is 230 g/mol. The summed E-state index contributed by atoms with van der Waals surface area (Å²) in [5, 5.41) is 0. The second-order valence-electron chi connectivity index (χ2n) is 4.86. The van der Waals surface area contributed by atoms with E-state index in [2.05, 4.69) is 4.99 Å². The van der Waals surface area contributed by atoms with Crippen molar-refractivity contribution in [3.8, 4) is 0 Å². The molecule has 0 aromatic heterocycles. The molecule has 1 aromatic rings. The van der Waals surface area contributed by atoms with Gasteiger partial charge in [0, 0.05) is 17.6 Å². The molecule has 2 rings (SSSR count). The number of benzene rings is 1. The first kappa shape index (κ1) is 11.8. The van der Waals surface area contributed by atoms with Crippen molar-refractivity contribution < 1.29 is 4.79 Å². The number of rotatable bonds is 2. The van der Waals surface area contributed by atoms with Crippen LogP contribution in [-0.2, 0) is 0 Å². The van der Waals surface area contributed by atoms with E-state index in [4.69, 9.17) is 0 Å². The maximum atomic E-state index is 12.3. The first-order valence-electron chi connectivity index (χ1n) is 6.03. The molecule has 0 atom stereocenters. The first-order chi connectivity index (χ1) is 8.02. The minimum Gasteiger partial charge on any atom is -0.290 e. The molecule has 0 unspecified atom stereocenters. The predicted molar refractivity (Wildman–Crippen MR) is 69.4 cm³/mol. The highest BCUT2D eigenvalue weighted by molar-refractivity contribution is 6.23. The molecule has 0 spiro atoms. The number of hydrogen-bond acceptors (Lipinski definition) is 2. The Balaban J connectivity index is 2.57. The van der Waals surface area contributed by atoms with Crippen LogP contribution in [0.5, 0.6) is 0 Å². The van der Waals surface area contributed by atoms with Gasteiger partial charge in [-0.1, -0.05) is 18.2 Å². The van der Waals surface area contributed by atoms with Gasteiger partial charge in [-0.3, -0.25) is 14.7 Å². The van der Waals surface area contributed by atoms with E-state index in [1.807, 2.05) is 52.0 Å². The number of carbonyl (C=O) groups excluding carboxylic acids is 1. The summed E-state index contributed by atoms with van der Waals surface area (Å²) in [5.41, 5.74) is 1.72. The molecule has 1 aliphatic heterocycles. The largest absolute Gasteiger partial charge is 0.290 e. The number of amides is 1. The van der Waals surface area contributed by atoms with Crippen LogP contribution in [0.15, 0.2) is 29.3 Å². The van der Waals surface area contributed by atoms with E-state index in [0.29, 0.717) is 0 Å². The van der Waals surface area contributed by atoms with Crippen LogP contribution in [0.1, 0.15) is 43.6 Å². The fraction of sp³-hybridized carbons (Fsp3) is 0.429. The highest BCUT2D eigenvalue weighted by Gasteiger charge is 2.34. The second-order valence-corrected chi connectivity index (χ2v) is 4.86. The SMILES string of the molecule is CC(C)N=C1c2ccccc2C(=O)N1C(C)C. The summed E-state index contributed by atoms with van der Waals surface area (Å²) in [6, 6.07) is 8.00. The summed E-state index contributed by atoms with van der Waals surface area (Å²) in [4.78, 5) is 18.7. The van der Waals surface area contributed by atoms with Crippen molar-refractivity contribution >= 4 is 11.7 Å². The van der Waals surface area contributed by atoms with E-state index in [1.54, 1.807) is 4.90 Å². The Morgan fingerprint density at radius 3 is 2.18 bits per heavy atom. The molecule has 3 heteroatoms. The summed E-state index contributed by atoms with van der Waals surface area (Å²) in [6.07, 6.45) is 0. The molecule has 0 N–H and O–H groups in total. The zero-order valence-electron chi connectivity index (χ0n) is 10.8. The van der Waals surface area contributed by atoms with Crippen LogP contribution < -0.4 is 0 Å². The van der Waals surface area contributed by atoms with Gasteiger partial charge in [-0.2, -0.15) is 0 Å². The topological polar surface area (TPSA) is 32.7 Å². The van der Waals surface area contributed by atoms with Gasteiger partial charge in [-0.25, -0.2) is 0 Å². The van der Waals surface area contributed by atoms with Crippen LogP contribution >= 0.6 is 0 Å². The van der Waals surface area contributed by atoms with Crippen LogP contribution in [0.4, 0.5) is 0 Å². The Morgan fingerprint density at radius 2 is 1.65 bits per heavy atom. The lowest BCUT2D eigenvalue weighted by molar-refractivity contribution is 0.0832. The minimum atomic E-state index is 0.0648. The van der Waals surface area contributed by atoms with Gasteiger partial charge in [0.05, 0.1) is 5.56 Å². The molecule has 0 saturated heterocycles. The maximum absolute atomic E-state index is 12.3. The third kappa shape index (κ3) is 1.97. The van der Waals surface area contributed by atoms with Crippen molar-refractivity contribution in [2.24, 2.45) is 4.99 Å².